The second kappa shape index (κ2) is 9.19. The van der Waals surface area contributed by atoms with E-state index in [0.29, 0.717) is 34.1 Å². The third-order valence-corrected chi connectivity index (χ3v) is 6.51. The highest BCUT2D eigenvalue weighted by molar-refractivity contribution is 6.21. The van der Waals surface area contributed by atoms with Crippen molar-refractivity contribution in [2.75, 3.05) is 22.6 Å². The van der Waals surface area contributed by atoms with Crippen LogP contribution in [0.15, 0.2) is 72.8 Å². The number of aryl methyl sites for hydroxylation is 1. The van der Waals surface area contributed by atoms with Crippen molar-refractivity contribution < 1.29 is 19.1 Å². The predicted octanol–water partition coefficient (Wildman–Crippen LogP) is 5.72. The van der Waals surface area contributed by atoms with Crippen LogP contribution in [0.5, 0.6) is 5.75 Å². The fourth-order valence-corrected chi connectivity index (χ4v) is 4.50. The van der Waals surface area contributed by atoms with Gasteiger partial charge in [-0.2, -0.15) is 0 Å². The summed E-state index contributed by atoms with van der Waals surface area (Å²) in [4.78, 5) is 40.2. The SMILES string of the molecule is COc1cc(N2C(=O)CC(=O)Nc3c2ccc2ccccc32)ccc1NC(=O)c1cccc(C)c1C. The van der Waals surface area contributed by atoms with E-state index in [0.717, 1.165) is 21.9 Å². The van der Waals surface area contributed by atoms with E-state index < -0.39 is 0 Å². The number of anilines is 4. The molecule has 5 rings (SSSR count). The van der Waals surface area contributed by atoms with Gasteiger partial charge >= 0.3 is 0 Å². The Balaban J connectivity index is 1.56. The van der Waals surface area contributed by atoms with E-state index in [2.05, 4.69) is 10.6 Å². The lowest BCUT2D eigenvalue weighted by molar-refractivity contribution is -0.124. The van der Waals surface area contributed by atoms with E-state index in [1.54, 1.807) is 24.3 Å². The second-order valence-corrected chi connectivity index (χ2v) is 8.72. The molecule has 3 amide bonds. The normalized spacial score (nSPS) is 13.1. The van der Waals surface area contributed by atoms with Gasteiger partial charge in [0.2, 0.25) is 11.8 Å². The minimum absolute atomic E-state index is 0.250. The molecule has 0 unspecified atom stereocenters. The number of hydrogen-bond acceptors (Lipinski definition) is 4. The number of hydrogen-bond donors (Lipinski definition) is 2. The van der Waals surface area contributed by atoms with Crippen LogP contribution in [-0.4, -0.2) is 24.8 Å². The number of methoxy groups -OCH3 is 1. The van der Waals surface area contributed by atoms with Crippen LogP contribution in [0.2, 0.25) is 0 Å². The van der Waals surface area contributed by atoms with Gasteiger partial charge in [-0.1, -0.05) is 42.5 Å². The van der Waals surface area contributed by atoms with Crippen LogP contribution < -0.4 is 20.3 Å². The molecule has 7 nitrogen and oxygen atoms in total. The van der Waals surface area contributed by atoms with Gasteiger partial charge in [-0.3, -0.25) is 19.3 Å². The van der Waals surface area contributed by atoms with Crippen LogP contribution >= 0.6 is 0 Å². The van der Waals surface area contributed by atoms with Gasteiger partial charge in [0.05, 0.1) is 29.9 Å². The Morgan fingerprint density at radius 1 is 0.972 bits per heavy atom. The van der Waals surface area contributed by atoms with Gasteiger partial charge < -0.3 is 15.4 Å². The van der Waals surface area contributed by atoms with Crippen molar-refractivity contribution in [2.45, 2.75) is 20.3 Å². The highest BCUT2D eigenvalue weighted by atomic mass is 16.5. The average Bonchev–Trinajstić information content (AvgIpc) is 3.00. The maximum atomic E-state index is 13.2. The zero-order valence-corrected chi connectivity index (χ0v) is 20.2. The van der Waals surface area contributed by atoms with Crippen molar-refractivity contribution in [2.24, 2.45) is 0 Å². The first-order valence-corrected chi connectivity index (χ1v) is 11.6. The number of nitrogens with one attached hydrogen (secondary N) is 2. The molecule has 0 saturated heterocycles. The quantitative estimate of drug-likeness (QED) is 0.366. The summed E-state index contributed by atoms with van der Waals surface area (Å²) in [5.74, 6) is -0.593. The van der Waals surface area contributed by atoms with Crippen molar-refractivity contribution in [3.05, 3.63) is 89.5 Å². The molecule has 4 aromatic carbocycles. The smallest absolute Gasteiger partial charge is 0.256 e. The van der Waals surface area contributed by atoms with Crippen LogP contribution in [0, 0.1) is 13.8 Å². The Morgan fingerprint density at radius 2 is 1.78 bits per heavy atom. The summed E-state index contributed by atoms with van der Waals surface area (Å²) in [6.45, 7) is 3.87. The maximum Gasteiger partial charge on any atom is 0.256 e. The first-order chi connectivity index (χ1) is 17.4. The van der Waals surface area contributed by atoms with Crippen molar-refractivity contribution in [3.63, 3.8) is 0 Å². The van der Waals surface area contributed by atoms with Gasteiger partial charge in [0.1, 0.15) is 12.2 Å². The second-order valence-electron chi connectivity index (χ2n) is 8.72. The average molecular weight is 480 g/mol. The zero-order valence-electron chi connectivity index (χ0n) is 20.2. The number of amides is 3. The lowest BCUT2D eigenvalue weighted by Crippen LogP contribution is -2.26. The molecule has 0 saturated carbocycles. The monoisotopic (exact) mass is 479 g/mol. The Bertz CT molecular complexity index is 1540. The molecule has 0 aliphatic carbocycles. The van der Waals surface area contributed by atoms with Crippen LogP contribution in [-0.2, 0) is 9.59 Å². The van der Waals surface area contributed by atoms with Crippen LogP contribution in [0.4, 0.5) is 22.7 Å². The number of rotatable bonds is 4. The molecule has 0 radical (unpaired) electrons. The number of nitrogens with zero attached hydrogens (tertiary/aromatic N) is 1. The Kier molecular flexibility index (Phi) is 5.90. The first-order valence-electron chi connectivity index (χ1n) is 11.6. The third-order valence-electron chi connectivity index (χ3n) is 6.51. The van der Waals surface area contributed by atoms with E-state index >= 15 is 0 Å². The van der Waals surface area contributed by atoms with Crippen LogP contribution in [0.25, 0.3) is 10.8 Å². The number of ether oxygens (including phenoxy) is 1. The number of carbonyl (C=O) groups is 3. The third kappa shape index (κ3) is 4.05. The Labute approximate surface area is 208 Å². The van der Waals surface area contributed by atoms with Crippen molar-refractivity contribution in [1.82, 2.24) is 0 Å². The topological polar surface area (TPSA) is 87.7 Å². The molecule has 0 aromatic heterocycles. The first kappa shape index (κ1) is 23.1. The molecular formula is C29H25N3O4. The molecule has 1 heterocycles. The summed E-state index contributed by atoms with van der Waals surface area (Å²) < 4.78 is 5.58. The van der Waals surface area contributed by atoms with Gasteiger partial charge in [0, 0.05) is 17.0 Å². The molecule has 4 aromatic rings. The molecule has 0 bridgehead atoms. The summed E-state index contributed by atoms with van der Waals surface area (Å²) in [5, 5.41) is 7.61. The zero-order chi connectivity index (χ0) is 25.4. The minimum Gasteiger partial charge on any atom is -0.494 e. The fourth-order valence-electron chi connectivity index (χ4n) is 4.50. The van der Waals surface area contributed by atoms with Crippen molar-refractivity contribution in [1.29, 1.82) is 0 Å². The van der Waals surface area contributed by atoms with Crippen molar-refractivity contribution >= 4 is 51.2 Å². The van der Waals surface area contributed by atoms with E-state index in [9.17, 15) is 14.4 Å². The van der Waals surface area contributed by atoms with Crippen LogP contribution in [0.3, 0.4) is 0 Å². The predicted molar refractivity (Wildman–Crippen MR) is 141 cm³/mol. The maximum absolute atomic E-state index is 13.2. The molecule has 36 heavy (non-hydrogen) atoms. The molecule has 7 heteroatoms. The lowest BCUT2D eigenvalue weighted by Gasteiger charge is -2.24. The van der Waals surface area contributed by atoms with Crippen molar-refractivity contribution in [3.8, 4) is 5.75 Å². The molecule has 0 spiro atoms. The van der Waals surface area contributed by atoms with Gasteiger partial charge in [0.15, 0.2) is 0 Å². The van der Waals surface area contributed by atoms with Gasteiger partial charge in [-0.05, 0) is 54.6 Å². The molecule has 180 valence electrons. The van der Waals surface area contributed by atoms with Gasteiger partial charge in [0.25, 0.3) is 5.91 Å². The minimum atomic E-state index is -0.371. The Hall–Kier alpha value is -4.65. The molecule has 2 N–H and O–H groups in total. The summed E-state index contributed by atoms with van der Waals surface area (Å²) in [5.41, 5.74) is 4.65. The lowest BCUT2D eigenvalue weighted by atomic mass is 10.0. The summed E-state index contributed by atoms with van der Waals surface area (Å²) in [6.07, 6.45) is -0.295. The highest BCUT2D eigenvalue weighted by Crippen LogP contribution is 2.41. The summed E-state index contributed by atoms with van der Waals surface area (Å²) in [6, 6.07) is 22.1. The van der Waals surface area contributed by atoms with E-state index in [-0.39, 0.29) is 24.1 Å². The van der Waals surface area contributed by atoms with Gasteiger partial charge in [-0.25, -0.2) is 0 Å². The summed E-state index contributed by atoms with van der Waals surface area (Å²) >= 11 is 0. The number of carbonyl (C=O) groups excluding carboxylic acids is 3. The fraction of sp³-hybridized carbons (Fsp3) is 0.138. The Morgan fingerprint density at radius 3 is 2.58 bits per heavy atom. The molecule has 1 aliphatic heterocycles. The number of benzene rings is 4. The standard InChI is InChI=1S/C29H25N3O4/c1-17-7-6-10-21(18(17)2)29(35)30-23-13-12-20(15-25(23)36-3)32-24-14-11-19-8-4-5-9-22(19)28(24)31-26(33)16-27(32)34/h4-15H,16H2,1-3H3,(H,30,35)(H,31,33). The molecule has 0 fully saturated rings. The summed E-state index contributed by atoms with van der Waals surface area (Å²) in [7, 11) is 1.50. The van der Waals surface area contributed by atoms with Gasteiger partial charge in [-0.15, -0.1) is 0 Å². The molecule has 1 aliphatic rings. The molecular weight excluding hydrogens is 454 g/mol. The van der Waals surface area contributed by atoms with Crippen LogP contribution in [0.1, 0.15) is 27.9 Å². The molecule has 0 atom stereocenters. The highest BCUT2D eigenvalue weighted by Gasteiger charge is 2.29. The number of fused-ring (bicyclic) bond motifs is 3. The van der Waals surface area contributed by atoms with E-state index in [4.69, 9.17) is 4.74 Å². The van der Waals surface area contributed by atoms with E-state index in [1.807, 2.05) is 62.4 Å². The van der Waals surface area contributed by atoms with E-state index in [1.165, 1.54) is 12.0 Å². The largest absolute Gasteiger partial charge is 0.494 e.